The molecule has 10 rings (SSSR count). The summed E-state index contributed by atoms with van der Waals surface area (Å²) >= 11 is 13.0. The van der Waals surface area contributed by atoms with Gasteiger partial charge in [-0.2, -0.15) is 0 Å². The highest BCUT2D eigenvalue weighted by Crippen LogP contribution is 2.42. The highest BCUT2D eigenvalue weighted by Gasteiger charge is 2.35. The van der Waals surface area contributed by atoms with Crippen LogP contribution in [-0.2, 0) is 13.1 Å². The number of nitrogens with one attached hydrogen (secondary N) is 1. The van der Waals surface area contributed by atoms with Gasteiger partial charge in [0.05, 0.1) is 23.5 Å². The predicted molar refractivity (Wildman–Crippen MR) is 260 cm³/mol. The van der Waals surface area contributed by atoms with Gasteiger partial charge in [-0.3, -0.25) is 19.8 Å². The van der Waals surface area contributed by atoms with Crippen molar-refractivity contribution in [2.75, 3.05) is 52.4 Å². The molecule has 2 unspecified atom stereocenters. The molecule has 6 heterocycles. The zero-order chi connectivity index (χ0) is 42.0. The smallest absolute Gasteiger partial charge is 0.376 e. The molecule has 0 saturated carbocycles. The van der Waals surface area contributed by atoms with Crippen molar-refractivity contribution in [3.8, 4) is 0 Å². The second-order valence-electron chi connectivity index (χ2n) is 16.3. The van der Waals surface area contributed by atoms with E-state index in [2.05, 4.69) is 87.6 Å². The number of halogens is 3. The van der Waals surface area contributed by atoms with Crippen LogP contribution in [0.3, 0.4) is 0 Å². The standard InChI is InChI=1S/C24H27BClN5O.C23H24ClN5.CH4.ClH/c1-17-27-8-9-30(17)16-19-14-18-4-3-7-28-23(18)24(21-6-5-20(26)15-22(19)21)29-10-12-31(13-11-29)25(2)32;1-16-26-9-12-29(16)15-18-13-17-3-2-6-27-22(17)23(28-10-7-25-8-11-28)20-5-4-19(24)14-21(18)20;;/h3-9,14-15,24,32H,10-13,16H2,1-2H3;2-6,9,12-14,23,25H,7-8,10-11,15H2,1H3;1H4;1H. The third kappa shape index (κ3) is 9.89. The zero-order valence-electron chi connectivity index (χ0n) is 35.3. The number of aromatic nitrogens is 6. The number of allylic oxidation sites excluding steroid dienone is 2. The number of aryl methyl sites for hydroxylation is 2. The summed E-state index contributed by atoms with van der Waals surface area (Å²) in [5.74, 6) is 1.99. The first kappa shape index (κ1) is 46.4. The number of pyridine rings is 2. The maximum Gasteiger partial charge on any atom is 0.376 e. The first-order chi connectivity index (χ1) is 29.7. The van der Waals surface area contributed by atoms with Crippen LogP contribution in [0.15, 0.2) is 97.8 Å². The third-order valence-corrected chi connectivity index (χ3v) is 13.0. The average Bonchev–Trinajstić information content (AvgIpc) is 3.81. The monoisotopic (exact) mass is 904 g/mol. The van der Waals surface area contributed by atoms with Crippen molar-refractivity contribution >= 4 is 66.0 Å². The van der Waals surface area contributed by atoms with Gasteiger partial charge in [0.15, 0.2) is 0 Å². The van der Waals surface area contributed by atoms with E-state index in [-0.39, 0.29) is 31.9 Å². The maximum atomic E-state index is 10.0. The Hall–Kier alpha value is -4.63. The first-order valence-corrected chi connectivity index (χ1v) is 21.9. The minimum atomic E-state index is -0.422. The molecule has 15 heteroatoms. The lowest BCUT2D eigenvalue weighted by Crippen LogP contribution is -2.52. The van der Waals surface area contributed by atoms with Crippen molar-refractivity contribution < 1.29 is 5.02 Å². The Morgan fingerprint density at radius 2 is 1.11 bits per heavy atom. The van der Waals surface area contributed by atoms with Crippen LogP contribution in [0.4, 0.5) is 0 Å². The third-order valence-electron chi connectivity index (χ3n) is 12.5. The lowest BCUT2D eigenvalue weighted by Gasteiger charge is -2.40. The molecule has 2 fully saturated rings. The van der Waals surface area contributed by atoms with Gasteiger partial charge in [0, 0.05) is 113 Å². The van der Waals surface area contributed by atoms with Crippen LogP contribution in [0.25, 0.3) is 23.3 Å². The molecular formula is C48H56BCl3N10O. The summed E-state index contributed by atoms with van der Waals surface area (Å²) in [6.45, 7) is 14.7. The molecule has 11 nitrogen and oxygen atoms in total. The molecular weight excluding hydrogens is 850 g/mol. The highest BCUT2D eigenvalue weighted by atomic mass is 35.5. The SMILES string of the molecule is C.CB(O)N1CCN(C2c3ccc(Cl)cc3C(Cn3ccnc3C)=Cc3cccnc32)CC1.Cc1nccn1CC1=Cc2cccnc2C(N2CCNCC2)c2ccc(Cl)cc21.Cl. The topological polar surface area (TPSA) is 103 Å². The van der Waals surface area contributed by atoms with E-state index in [4.69, 9.17) is 33.2 Å². The van der Waals surface area contributed by atoms with E-state index in [0.29, 0.717) is 0 Å². The number of rotatable bonds is 7. The molecule has 2 saturated heterocycles. The zero-order valence-corrected chi connectivity index (χ0v) is 37.7. The number of piperazine rings is 2. The molecule has 63 heavy (non-hydrogen) atoms. The fourth-order valence-electron chi connectivity index (χ4n) is 9.30. The second-order valence-corrected chi connectivity index (χ2v) is 17.1. The summed E-state index contributed by atoms with van der Waals surface area (Å²) in [7, 11) is -0.422. The first-order valence-electron chi connectivity index (χ1n) is 21.2. The van der Waals surface area contributed by atoms with Crippen LogP contribution >= 0.6 is 35.6 Å². The average molecular weight is 906 g/mol. The summed E-state index contributed by atoms with van der Waals surface area (Å²) in [6.07, 6.45) is 16.1. The Bertz CT molecular complexity index is 2580. The van der Waals surface area contributed by atoms with Crippen LogP contribution in [0, 0.1) is 13.8 Å². The van der Waals surface area contributed by atoms with E-state index >= 15 is 0 Å². The van der Waals surface area contributed by atoms with Crippen LogP contribution in [0.5, 0.6) is 0 Å². The van der Waals surface area contributed by atoms with Crippen molar-refractivity contribution in [3.05, 3.63) is 164 Å². The Balaban J connectivity index is 0.000000184. The molecule has 4 aromatic heterocycles. The Labute approximate surface area is 388 Å². The van der Waals surface area contributed by atoms with E-state index < -0.39 is 7.05 Å². The van der Waals surface area contributed by atoms with Gasteiger partial charge in [-0.25, -0.2) is 9.97 Å². The summed E-state index contributed by atoms with van der Waals surface area (Å²) in [4.78, 5) is 25.6. The molecule has 2 aliphatic carbocycles. The lowest BCUT2D eigenvalue weighted by molar-refractivity contribution is 0.144. The van der Waals surface area contributed by atoms with Gasteiger partial charge < -0.3 is 24.3 Å². The molecule has 2 aliphatic heterocycles. The van der Waals surface area contributed by atoms with Crippen molar-refractivity contribution in [1.29, 1.82) is 0 Å². The molecule has 4 aliphatic rings. The quantitative estimate of drug-likeness (QED) is 0.153. The Kier molecular flexibility index (Phi) is 15.1. The summed E-state index contributed by atoms with van der Waals surface area (Å²) in [5, 5.41) is 15.0. The molecule has 0 amide bonds. The number of fused-ring (bicyclic) bond motifs is 4. The largest absolute Gasteiger partial charge is 0.437 e. The molecule has 0 spiro atoms. The van der Waals surface area contributed by atoms with Crippen molar-refractivity contribution in [1.82, 2.24) is 49.0 Å². The molecule has 328 valence electrons. The minimum Gasteiger partial charge on any atom is -0.437 e. The second kappa shape index (κ2) is 20.5. The minimum absolute atomic E-state index is 0. The van der Waals surface area contributed by atoms with E-state index in [9.17, 15) is 5.02 Å². The van der Waals surface area contributed by atoms with E-state index in [1.807, 2.05) is 82.1 Å². The molecule has 6 aromatic rings. The van der Waals surface area contributed by atoms with Crippen LogP contribution in [0.2, 0.25) is 16.9 Å². The Morgan fingerprint density at radius 1 is 0.651 bits per heavy atom. The molecule has 2 aromatic carbocycles. The fraction of sp³-hybridized carbons (Fsp3) is 0.333. The van der Waals surface area contributed by atoms with Crippen LogP contribution < -0.4 is 5.32 Å². The molecule has 2 N–H and O–H groups in total. The van der Waals surface area contributed by atoms with E-state index in [0.717, 1.165) is 110 Å². The number of hydrogen-bond donors (Lipinski definition) is 2. The van der Waals surface area contributed by atoms with Gasteiger partial charge in [-0.15, -0.1) is 12.4 Å². The van der Waals surface area contributed by atoms with Gasteiger partial charge in [-0.05, 0) is 114 Å². The fourth-order valence-corrected chi connectivity index (χ4v) is 9.64. The number of hydrogen-bond acceptors (Lipinski definition) is 9. The number of nitrogens with zero attached hydrogens (tertiary/aromatic N) is 9. The highest BCUT2D eigenvalue weighted by molar-refractivity contribution is 6.45. The van der Waals surface area contributed by atoms with Gasteiger partial charge in [-0.1, -0.05) is 54.9 Å². The number of benzene rings is 2. The summed E-state index contributed by atoms with van der Waals surface area (Å²) in [5.41, 5.74) is 11.8. The number of imidazole rings is 2. The lowest BCUT2D eigenvalue weighted by atomic mass is 9.84. The summed E-state index contributed by atoms with van der Waals surface area (Å²) < 4.78 is 4.34. The van der Waals surface area contributed by atoms with Gasteiger partial charge in [0.2, 0.25) is 0 Å². The van der Waals surface area contributed by atoms with E-state index in [1.165, 1.54) is 33.4 Å². The summed E-state index contributed by atoms with van der Waals surface area (Å²) in [6, 6.07) is 21.0. The maximum absolute atomic E-state index is 10.0. The molecule has 0 radical (unpaired) electrons. The van der Waals surface area contributed by atoms with E-state index in [1.54, 1.807) is 0 Å². The van der Waals surface area contributed by atoms with Crippen molar-refractivity contribution in [2.45, 2.75) is 53.3 Å². The van der Waals surface area contributed by atoms with Crippen molar-refractivity contribution in [3.63, 3.8) is 0 Å². The van der Waals surface area contributed by atoms with Crippen molar-refractivity contribution in [2.24, 2.45) is 0 Å². The van der Waals surface area contributed by atoms with Gasteiger partial charge in [0.1, 0.15) is 11.6 Å². The normalized spacial score (nSPS) is 18.6. The van der Waals surface area contributed by atoms with Crippen LogP contribution in [0.1, 0.15) is 75.9 Å². The Morgan fingerprint density at radius 3 is 1.54 bits per heavy atom. The molecule has 0 bridgehead atoms. The molecule has 2 atom stereocenters. The predicted octanol–water partition coefficient (Wildman–Crippen LogP) is 8.46. The van der Waals surface area contributed by atoms with Gasteiger partial charge >= 0.3 is 7.05 Å². The van der Waals surface area contributed by atoms with Crippen LogP contribution in [-0.4, -0.2) is 108 Å². The van der Waals surface area contributed by atoms with Gasteiger partial charge in [0.25, 0.3) is 0 Å².